The molecular formula is C17H21NO2. The molecule has 106 valence electrons. The first-order valence-electron chi connectivity index (χ1n) is 7.25. The second-order valence-corrected chi connectivity index (χ2v) is 5.62. The number of rotatable bonds is 4. The SMILES string of the molecule is CCC(O)c1ccn(CC2Cc3cc(C)ccc3O2)c1. The fourth-order valence-corrected chi connectivity index (χ4v) is 2.79. The third-order valence-electron chi connectivity index (χ3n) is 3.92. The topological polar surface area (TPSA) is 34.4 Å². The van der Waals surface area contributed by atoms with Crippen LogP contribution in [0.3, 0.4) is 0 Å². The number of aliphatic hydroxyl groups is 1. The predicted molar refractivity (Wildman–Crippen MR) is 79.0 cm³/mol. The Kier molecular flexibility index (Phi) is 3.53. The first-order valence-corrected chi connectivity index (χ1v) is 7.25. The van der Waals surface area contributed by atoms with E-state index < -0.39 is 0 Å². The number of aryl methyl sites for hydroxylation is 1. The van der Waals surface area contributed by atoms with Crippen LogP contribution in [0.2, 0.25) is 0 Å². The number of aromatic nitrogens is 1. The molecule has 0 saturated heterocycles. The molecule has 0 fully saturated rings. The van der Waals surface area contributed by atoms with Gasteiger partial charge in [-0.1, -0.05) is 24.6 Å². The predicted octanol–water partition coefficient (Wildman–Crippen LogP) is 3.24. The quantitative estimate of drug-likeness (QED) is 0.926. The highest BCUT2D eigenvalue weighted by atomic mass is 16.5. The summed E-state index contributed by atoms with van der Waals surface area (Å²) in [6, 6.07) is 8.34. The summed E-state index contributed by atoms with van der Waals surface area (Å²) < 4.78 is 8.09. The molecule has 2 aromatic rings. The van der Waals surface area contributed by atoms with E-state index in [1.54, 1.807) is 0 Å². The number of ether oxygens (including phenoxy) is 1. The lowest BCUT2D eigenvalue weighted by Crippen LogP contribution is -2.19. The van der Waals surface area contributed by atoms with E-state index in [0.29, 0.717) is 0 Å². The van der Waals surface area contributed by atoms with Crippen LogP contribution in [0.15, 0.2) is 36.7 Å². The highest BCUT2D eigenvalue weighted by Crippen LogP contribution is 2.30. The minimum atomic E-state index is -0.361. The molecule has 1 aliphatic heterocycles. The smallest absolute Gasteiger partial charge is 0.123 e. The van der Waals surface area contributed by atoms with Crippen LogP contribution >= 0.6 is 0 Å². The molecular weight excluding hydrogens is 250 g/mol. The molecule has 1 aromatic carbocycles. The van der Waals surface area contributed by atoms with Gasteiger partial charge in [0, 0.05) is 18.8 Å². The number of nitrogens with zero attached hydrogens (tertiary/aromatic N) is 1. The average molecular weight is 271 g/mol. The Hall–Kier alpha value is -1.74. The van der Waals surface area contributed by atoms with Crippen LogP contribution in [0.25, 0.3) is 0 Å². The Morgan fingerprint density at radius 3 is 3.05 bits per heavy atom. The fraction of sp³-hybridized carbons (Fsp3) is 0.412. The third-order valence-corrected chi connectivity index (χ3v) is 3.92. The lowest BCUT2D eigenvalue weighted by atomic mass is 10.1. The van der Waals surface area contributed by atoms with E-state index >= 15 is 0 Å². The highest BCUT2D eigenvalue weighted by molar-refractivity contribution is 5.40. The molecule has 0 saturated carbocycles. The summed E-state index contributed by atoms with van der Waals surface area (Å²) in [4.78, 5) is 0. The second kappa shape index (κ2) is 5.33. The van der Waals surface area contributed by atoms with Gasteiger partial charge in [-0.15, -0.1) is 0 Å². The van der Waals surface area contributed by atoms with Crippen LogP contribution in [0.5, 0.6) is 5.75 Å². The van der Waals surface area contributed by atoms with Gasteiger partial charge in [0.2, 0.25) is 0 Å². The van der Waals surface area contributed by atoms with Gasteiger partial charge in [0.15, 0.2) is 0 Å². The van der Waals surface area contributed by atoms with Gasteiger partial charge in [-0.25, -0.2) is 0 Å². The van der Waals surface area contributed by atoms with Crippen LogP contribution in [-0.4, -0.2) is 15.8 Å². The summed E-state index contributed by atoms with van der Waals surface area (Å²) in [5.41, 5.74) is 3.57. The van der Waals surface area contributed by atoms with Crippen LogP contribution in [0.1, 0.15) is 36.1 Å². The maximum absolute atomic E-state index is 9.83. The first-order chi connectivity index (χ1) is 9.65. The average Bonchev–Trinajstić information content (AvgIpc) is 3.04. The molecule has 0 radical (unpaired) electrons. The monoisotopic (exact) mass is 271 g/mol. The van der Waals surface area contributed by atoms with Gasteiger partial charge in [-0.05, 0) is 36.6 Å². The molecule has 0 amide bonds. The largest absolute Gasteiger partial charge is 0.488 e. The van der Waals surface area contributed by atoms with Crippen molar-refractivity contribution in [2.75, 3.05) is 0 Å². The maximum Gasteiger partial charge on any atom is 0.123 e. The molecule has 1 aromatic heterocycles. The molecule has 3 nitrogen and oxygen atoms in total. The van der Waals surface area contributed by atoms with E-state index in [2.05, 4.69) is 29.7 Å². The van der Waals surface area contributed by atoms with Crippen molar-refractivity contribution in [2.45, 2.75) is 45.4 Å². The summed E-state index contributed by atoms with van der Waals surface area (Å²) in [5.74, 6) is 1.02. The molecule has 2 atom stereocenters. The molecule has 20 heavy (non-hydrogen) atoms. The first kappa shape index (κ1) is 13.3. The van der Waals surface area contributed by atoms with Crippen molar-refractivity contribution in [1.29, 1.82) is 0 Å². The fourth-order valence-electron chi connectivity index (χ4n) is 2.79. The number of hydrogen-bond donors (Lipinski definition) is 1. The molecule has 1 aliphatic rings. The number of benzene rings is 1. The van der Waals surface area contributed by atoms with Crippen molar-refractivity contribution in [2.24, 2.45) is 0 Å². The molecule has 0 aliphatic carbocycles. The van der Waals surface area contributed by atoms with Crippen molar-refractivity contribution in [1.82, 2.24) is 4.57 Å². The normalized spacial score (nSPS) is 18.6. The van der Waals surface area contributed by atoms with E-state index in [-0.39, 0.29) is 12.2 Å². The lowest BCUT2D eigenvalue weighted by molar-refractivity contribution is 0.173. The molecule has 0 bridgehead atoms. The van der Waals surface area contributed by atoms with Crippen molar-refractivity contribution >= 4 is 0 Å². The van der Waals surface area contributed by atoms with Crippen LogP contribution < -0.4 is 4.74 Å². The summed E-state index contributed by atoms with van der Waals surface area (Å²) in [5, 5.41) is 9.83. The summed E-state index contributed by atoms with van der Waals surface area (Å²) >= 11 is 0. The van der Waals surface area contributed by atoms with Gasteiger partial charge in [0.1, 0.15) is 11.9 Å². The van der Waals surface area contributed by atoms with Crippen LogP contribution in [-0.2, 0) is 13.0 Å². The number of hydrogen-bond acceptors (Lipinski definition) is 2. The van der Waals surface area contributed by atoms with E-state index in [9.17, 15) is 5.11 Å². The number of fused-ring (bicyclic) bond motifs is 1. The Morgan fingerprint density at radius 1 is 1.40 bits per heavy atom. The highest BCUT2D eigenvalue weighted by Gasteiger charge is 2.23. The van der Waals surface area contributed by atoms with E-state index in [1.165, 1.54) is 11.1 Å². The van der Waals surface area contributed by atoms with Crippen molar-refractivity contribution in [3.05, 3.63) is 53.3 Å². The molecule has 2 unspecified atom stereocenters. The Balaban J connectivity index is 1.67. The van der Waals surface area contributed by atoms with E-state index in [4.69, 9.17) is 4.74 Å². The van der Waals surface area contributed by atoms with Crippen molar-refractivity contribution < 1.29 is 9.84 Å². The minimum Gasteiger partial charge on any atom is -0.488 e. The van der Waals surface area contributed by atoms with Gasteiger partial charge >= 0.3 is 0 Å². The lowest BCUT2D eigenvalue weighted by Gasteiger charge is -2.11. The zero-order valence-corrected chi connectivity index (χ0v) is 12.0. The molecule has 1 N–H and O–H groups in total. The van der Waals surface area contributed by atoms with E-state index in [0.717, 1.165) is 30.7 Å². The molecule has 2 heterocycles. The van der Waals surface area contributed by atoms with Crippen molar-refractivity contribution in [3.63, 3.8) is 0 Å². The summed E-state index contributed by atoms with van der Waals surface area (Å²) in [7, 11) is 0. The number of aliphatic hydroxyl groups excluding tert-OH is 1. The van der Waals surface area contributed by atoms with Crippen LogP contribution in [0.4, 0.5) is 0 Å². The zero-order valence-electron chi connectivity index (χ0n) is 12.0. The minimum absolute atomic E-state index is 0.186. The Labute approximate surface area is 119 Å². The maximum atomic E-state index is 9.83. The summed E-state index contributed by atoms with van der Waals surface area (Å²) in [6.45, 7) is 4.92. The Morgan fingerprint density at radius 2 is 2.25 bits per heavy atom. The standard InChI is InChI=1S/C17H21NO2/c1-3-16(19)13-6-7-18(10-13)11-15-9-14-8-12(2)4-5-17(14)20-15/h4-8,10,15-16,19H,3,9,11H2,1-2H3. The van der Waals surface area contributed by atoms with Gasteiger partial charge in [0.05, 0.1) is 12.6 Å². The van der Waals surface area contributed by atoms with Gasteiger partial charge in [-0.2, -0.15) is 0 Å². The van der Waals surface area contributed by atoms with E-state index in [1.807, 2.05) is 25.4 Å². The van der Waals surface area contributed by atoms with Gasteiger partial charge in [0.25, 0.3) is 0 Å². The van der Waals surface area contributed by atoms with Crippen LogP contribution in [0, 0.1) is 6.92 Å². The third kappa shape index (κ3) is 2.59. The zero-order chi connectivity index (χ0) is 14.1. The molecule has 3 rings (SSSR count). The Bertz CT molecular complexity index is 603. The van der Waals surface area contributed by atoms with Crippen molar-refractivity contribution in [3.8, 4) is 5.75 Å². The second-order valence-electron chi connectivity index (χ2n) is 5.62. The molecule has 0 spiro atoms. The van der Waals surface area contributed by atoms with Gasteiger partial charge < -0.3 is 14.4 Å². The summed E-state index contributed by atoms with van der Waals surface area (Å²) in [6.07, 6.45) is 5.57. The van der Waals surface area contributed by atoms with Gasteiger partial charge in [-0.3, -0.25) is 0 Å². The molecule has 3 heteroatoms.